The van der Waals surface area contributed by atoms with Crippen molar-refractivity contribution in [2.75, 3.05) is 0 Å². The lowest BCUT2D eigenvalue weighted by Gasteiger charge is -2.31. The van der Waals surface area contributed by atoms with Gasteiger partial charge in [0.15, 0.2) is 0 Å². The van der Waals surface area contributed by atoms with Crippen LogP contribution < -0.4 is 10.2 Å². The van der Waals surface area contributed by atoms with Gasteiger partial charge in [-0.15, -0.1) is 5.48 Å². The average molecular weight is 577 g/mol. The monoisotopic (exact) mass is 576 g/mol. The molecular formula is C31H32N2O9. The highest BCUT2D eigenvalue weighted by atomic mass is 16.7. The molecule has 0 fully saturated rings. The number of ether oxygens (including phenoxy) is 3. The molecule has 0 saturated carbocycles. The van der Waals surface area contributed by atoms with Crippen molar-refractivity contribution >= 4 is 23.7 Å². The van der Waals surface area contributed by atoms with E-state index in [2.05, 4.69) is 0 Å². The number of amides is 1. The van der Waals surface area contributed by atoms with Crippen molar-refractivity contribution in [3.05, 3.63) is 99.1 Å². The van der Waals surface area contributed by atoms with Crippen LogP contribution in [0.2, 0.25) is 0 Å². The fourth-order valence-electron chi connectivity index (χ4n) is 4.76. The molecule has 0 aliphatic heterocycles. The number of hydrogen-bond donors (Lipinski definition) is 1. The second kappa shape index (κ2) is 12.7. The Balaban J connectivity index is 1.56. The Bertz CT molecular complexity index is 1480. The maximum Gasteiger partial charge on any atom is 0.441 e. The van der Waals surface area contributed by atoms with E-state index in [-0.39, 0.29) is 29.5 Å². The predicted octanol–water partition coefficient (Wildman–Crippen LogP) is 6.39. The number of nitrogens with zero attached hydrogens (tertiary/aromatic N) is 1. The zero-order chi connectivity index (χ0) is 30.4. The third-order valence-corrected chi connectivity index (χ3v) is 6.70. The topological polar surface area (TPSA) is 143 Å². The highest BCUT2D eigenvalue weighted by Crippen LogP contribution is 2.43. The van der Waals surface area contributed by atoms with Gasteiger partial charge in [-0.1, -0.05) is 49.4 Å². The minimum Gasteiger partial charge on any atom is -0.457 e. The van der Waals surface area contributed by atoms with Gasteiger partial charge < -0.3 is 19.0 Å². The number of nitro groups is 1. The van der Waals surface area contributed by atoms with Crippen LogP contribution in [0.1, 0.15) is 67.1 Å². The Hall–Kier alpha value is -4.93. The van der Waals surface area contributed by atoms with Gasteiger partial charge >= 0.3 is 18.0 Å². The maximum atomic E-state index is 13.1. The molecule has 1 aliphatic rings. The van der Waals surface area contributed by atoms with Crippen LogP contribution in [0.5, 0.6) is 11.5 Å². The highest BCUT2D eigenvalue weighted by molar-refractivity contribution is 5.93. The summed E-state index contributed by atoms with van der Waals surface area (Å²) in [6.07, 6.45) is 0.129. The van der Waals surface area contributed by atoms with Gasteiger partial charge in [0.25, 0.3) is 5.69 Å². The van der Waals surface area contributed by atoms with Crippen LogP contribution in [0.25, 0.3) is 0 Å². The Morgan fingerprint density at radius 1 is 1.00 bits per heavy atom. The van der Waals surface area contributed by atoms with Gasteiger partial charge in [0.2, 0.25) is 0 Å². The Kier molecular flexibility index (Phi) is 9.09. The molecule has 1 unspecified atom stereocenters. The largest absolute Gasteiger partial charge is 0.457 e. The SMILES string of the molecule is CC1c2c(cccc2Oc2ccc([N+](=O)[O-])cc2C(=O)OCc2ccccc2)CC[C@@H]1C(=O)ONC(=O)OC(C)(C)C. The molecule has 0 heterocycles. The van der Waals surface area contributed by atoms with E-state index in [1.54, 1.807) is 57.2 Å². The molecule has 11 heteroatoms. The van der Waals surface area contributed by atoms with Crippen molar-refractivity contribution in [1.29, 1.82) is 0 Å². The zero-order valence-electron chi connectivity index (χ0n) is 23.7. The first-order valence-electron chi connectivity index (χ1n) is 13.4. The normalized spacial score (nSPS) is 16.0. The molecule has 42 heavy (non-hydrogen) atoms. The highest BCUT2D eigenvalue weighted by Gasteiger charge is 2.36. The third kappa shape index (κ3) is 7.42. The summed E-state index contributed by atoms with van der Waals surface area (Å²) in [4.78, 5) is 53.9. The molecule has 0 aromatic heterocycles. The van der Waals surface area contributed by atoms with E-state index in [0.717, 1.165) is 22.8 Å². The van der Waals surface area contributed by atoms with Crippen LogP contribution in [0.15, 0.2) is 66.7 Å². The molecule has 220 valence electrons. The molecule has 0 saturated heterocycles. The first-order valence-corrected chi connectivity index (χ1v) is 13.4. The Morgan fingerprint density at radius 2 is 1.74 bits per heavy atom. The number of nitrogens with one attached hydrogen (secondary N) is 1. The summed E-state index contributed by atoms with van der Waals surface area (Å²) in [6.45, 7) is 6.88. The van der Waals surface area contributed by atoms with Crippen LogP contribution in [-0.4, -0.2) is 28.6 Å². The molecule has 2 atom stereocenters. The van der Waals surface area contributed by atoms with E-state index >= 15 is 0 Å². The molecule has 0 spiro atoms. The summed E-state index contributed by atoms with van der Waals surface area (Å²) < 4.78 is 16.8. The number of hydroxylamine groups is 1. The Labute approximate surface area is 242 Å². The van der Waals surface area contributed by atoms with Gasteiger partial charge in [-0.2, -0.15) is 0 Å². The van der Waals surface area contributed by atoms with Gasteiger partial charge in [-0.3, -0.25) is 10.1 Å². The van der Waals surface area contributed by atoms with Crippen molar-refractivity contribution < 1.29 is 38.4 Å². The van der Waals surface area contributed by atoms with Crippen molar-refractivity contribution in [3.8, 4) is 11.5 Å². The summed E-state index contributed by atoms with van der Waals surface area (Å²) in [7, 11) is 0. The summed E-state index contributed by atoms with van der Waals surface area (Å²) in [5.41, 5.74) is 3.30. The summed E-state index contributed by atoms with van der Waals surface area (Å²) in [5, 5.41) is 11.5. The average Bonchev–Trinajstić information content (AvgIpc) is 2.94. The number of non-ortho nitro benzene ring substituents is 1. The van der Waals surface area contributed by atoms with E-state index in [4.69, 9.17) is 19.0 Å². The summed E-state index contributed by atoms with van der Waals surface area (Å²) >= 11 is 0. The van der Waals surface area contributed by atoms with Crippen LogP contribution in [0.3, 0.4) is 0 Å². The number of rotatable bonds is 7. The molecule has 3 aromatic rings. The van der Waals surface area contributed by atoms with Gasteiger partial charge in [0.05, 0.1) is 10.8 Å². The number of esters is 1. The number of hydrogen-bond acceptors (Lipinski definition) is 9. The minimum atomic E-state index is -0.881. The fraction of sp³-hybridized carbons (Fsp3) is 0.323. The molecule has 4 rings (SSSR count). The van der Waals surface area contributed by atoms with Crippen LogP contribution in [0.4, 0.5) is 10.5 Å². The number of carbonyl (C=O) groups excluding carboxylic acids is 3. The number of fused-ring (bicyclic) bond motifs is 1. The number of benzene rings is 3. The second-order valence-corrected chi connectivity index (χ2v) is 10.9. The van der Waals surface area contributed by atoms with Crippen LogP contribution in [0, 0.1) is 16.0 Å². The van der Waals surface area contributed by atoms with E-state index in [9.17, 15) is 24.5 Å². The molecular weight excluding hydrogens is 544 g/mol. The third-order valence-electron chi connectivity index (χ3n) is 6.70. The van der Waals surface area contributed by atoms with Gasteiger partial charge in [0.1, 0.15) is 29.3 Å². The Morgan fingerprint density at radius 3 is 2.43 bits per heavy atom. The van der Waals surface area contributed by atoms with Crippen molar-refractivity contribution in [1.82, 2.24) is 5.48 Å². The van der Waals surface area contributed by atoms with Crippen molar-refractivity contribution in [2.24, 2.45) is 5.92 Å². The predicted molar refractivity (Wildman–Crippen MR) is 151 cm³/mol. The molecule has 1 N–H and O–H groups in total. The van der Waals surface area contributed by atoms with Gasteiger partial charge in [-0.25, -0.2) is 14.4 Å². The number of carbonyl (C=O) groups is 3. The summed E-state index contributed by atoms with van der Waals surface area (Å²) in [6, 6.07) is 18.1. The van der Waals surface area contributed by atoms with Crippen LogP contribution in [-0.2, 0) is 32.1 Å². The van der Waals surface area contributed by atoms with E-state index < -0.39 is 34.5 Å². The molecule has 0 bridgehead atoms. The second-order valence-electron chi connectivity index (χ2n) is 10.9. The standard InChI is InChI=1S/C31H32N2O9/c1-19-23(29(35)42-32-30(36)41-31(2,3)4)15-13-21-11-8-12-26(27(19)21)40-25-16-14-22(33(37)38)17-24(25)28(34)39-18-20-9-6-5-7-10-20/h5-12,14,16-17,19,23H,13,15,18H2,1-4H3,(H,32,36)/t19?,23-/m0/s1. The minimum absolute atomic E-state index is 0.0271. The van der Waals surface area contributed by atoms with Crippen molar-refractivity contribution in [2.45, 2.75) is 58.7 Å². The zero-order valence-corrected chi connectivity index (χ0v) is 23.7. The lowest BCUT2D eigenvalue weighted by atomic mass is 9.75. The lowest BCUT2D eigenvalue weighted by molar-refractivity contribution is -0.384. The smallest absolute Gasteiger partial charge is 0.441 e. The quantitative estimate of drug-likeness (QED) is 0.146. The van der Waals surface area contributed by atoms with Crippen LogP contribution >= 0.6 is 0 Å². The van der Waals surface area contributed by atoms with Crippen molar-refractivity contribution in [3.63, 3.8) is 0 Å². The molecule has 1 aliphatic carbocycles. The first-order chi connectivity index (χ1) is 19.9. The maximum absolute atomic E-state index is 13.1. The first kappa shape index (κ1) is 30.0. The van der Waals surface area contributed by atoms with Gasteiger partial charge in [0, 0.05) is 17.7 Å². The number of aryl methyl sites for hydroxylation is 1. The lowest BCUT2D eigenvalue weighted by Crippen LogP contribution is -2.37. The van der Waals surface area contributed by atoms with E-state index in [1.165, 1.54) is 12.1 Å². The molecule has 11 nitrogen and oxygen atoms in total. The number of nitro benzene ring substituents is 1. The fourth-order valence-corrected chi connectivity index (χ4v) is 4.76. The van der Waals surface area contributed by atoms with E-state index in [0.29, 0.717) is 18.6 Å². The molecule has 1 amide bonds. The summed E-state index contributed by atoms with van der Waals surface area (Å²) in [5.74, 6) is -1.97. The van der Waals surface area contributed by atoms with E-state index in [1.807, 2.05) is 24.5 Å². The molecule has 3 aromatic carbocycles. The molecule has 0 radical (unpaired) electrons. The van der Waals surface area contributed by atoms with Gasteiger partial charge in [-0.05, 0) is 62.8 Å².